The van der Waals surface area contributed by atoms with Crippen molar-refractivity contribution in [1.29, 1.82) is 0 Å². The van der Waals surface area contributed by atoms with Crippen LogP contribution in [0.1, 0.15) is 25.7 Å². The number of terminal acetylenes is 1. The molecule has 20 heavy (non-hydrogen) atoms. The van der Waals surface area contributed by atoms with E-state index in [2.05, 4.69) is 10.9 Å². The largest absolute Gasteiger partial charge is 0.494 e. The number of aliphatic hydroxyl groups is 1. The van der Waals surface area contributed by atoms with E-state index in [4.69, 9.17) is 11.2 Å². The molecule has 1 heterocycles. The van der Waals surface area contributed by atoms with Crippen LogP contribution < -0.4 is 4.74 Å². The van der Waals surface area contributed by atoms with Gasteiger partial charge in [0.1, 0.15) is 5.75 Å². The van der Waals surface area contributed by atoms with Gasteiger partial charge in [0.2, 0.25) is 0 Å². The van der Waals surface area contributed by atoms with Gasteiger partial charge in [0.25, 0.3) is 0 Å². The predicted octanol–water partition coefficient (Wildman–Crippen LogP) is 3.17. The number of benzene rings is 1. The molecule has 0 radical (unpaired) electrons. The Bertz CT molecular complexity index is 589. The highest BCUT2D eigenvalue weighted by molar-refractivity contribution is 5.79. The number of aliphatic hydroxyl groups excluding tert-OH is 1. The molecule has 0 aliphatic carbocycles. The second-order valence-electron chi connectivity index (χ2n) is 4.76. The minimum atomic E-state index is -0.383. The molecule has 0 aliphatic rings. The van der Waals surface area contributed by atoms with Crippen molar-refractivity contribution >= 4 is 10.9 Å². The van der Waals surface area contributed by atoms with Crippen LogP contribution in [0.3, 0.4) is 0 Å². The first-order valence-electron chi connectivity index (χ1n) is 6.88. The van der Waals surface area contributed by atoms with Gasteiger partial charge in [-0.05, 0) is 43.5 Å². The zero-order chi connectivity index (χ0) is 14.2. The standard InChI is InChI=1S/C17H19NO2/c1-2-6-15(19)8-3-4-12-20-16-9-10-17-14(13-16)7-5-11-18-17/h1,5,7,9-11,13,15,19H,3-4,6,8,12H2. The minimum Gasteiger partial charge on any atom is -0.494 e. The molecule has 104 valence electrons. The normalized spacial score (nSPS) is 12.0. The molecule has 1 N–H and O–H groups in total. The highest BCUT2D eigenvalue weighted by atomic mass is 16.5. The van der Waals surface area contributed by atoms with E-state index in [0.717, 1.165) is 35.9 Å². The van der Waals surface area contributed by atoms with Crippen molar-refractivity contribution in [2.24, 2.45) is 0 Å². The highest BCUT2D eigenvalue weighted by Crippen LogP contribution is 2.19. The number of ether oxygens (including phenoxy) is 1. The Balaban J connectivity index is 1.74. The molecule has 2 rings (SSSR count). The van der Waals surface area contributed by atoms with Gasteiger partial charge in [0.15, 0.2) is 0 Å². The molecule has 3 heteroatoms. The SMILES string of the molecule is C#CCC(O)CCCCOc1ccc2ncccc2c1. The monoisotopic (exact) mass is 269 g/mol. The predicted molar refractivity (Wildman–Crippen MR) is 80.5 cm³/mol. The lowest BCUT2D eigenvalue weighted by Gasteiger charge is -2.08. The Morgan fingerprint density at radius 2 is 2.20 bits per heavy atom. The molecular formula is C17H19NO2. The van der Waals surface area contributed by atoms with Crippen LogP contribution in [-0.4, -0.2) is 22.8 Å². The van der Waals surface area contributed by atoms with Gasteiger partial charge in [0.05, 0.1) is 18.2 Å². The van der Waals surface area contributed by atoms with Crippen molar-refractivity contribution < 1.29 is 9.84 Å². The summed E-state index contributed by atoms with van der Waals surface area (Å²) in [7, 11) is 0. The molecule has 0 fully saturated rings. The molecule has 1 aromatic heterocycles. The summed E-state index contributed by atoms with van der Waals surface area (Å²) in [5.74, 6) is 3.32. The first-order valence-corrected chi connectivity index (χ1v) is 6.88. The summed E-state index contributed by atoms with van der Waals surface area (Å²) in [5.41, 5.74) is 0.970. The van der Waals surface area contributed by atoms with Crippen molar-refractivity contribution in [3.05, 3.63) is 36.5 Å². The average molecular weight is 269 g/mol. The Morgan fingerprint density at radius 3 is 3.05 bits per heavy atom. The summed E-state index contributed by atoms with van der Waals surface area (Å²) in [6, 6.07) is 9.82. The fourth-order valence-corrected chi connectivity index (χ4v) is 2.05. The third-order valence-corrected chi connectivity index (χ3v) is 3.13. The maximum atomic E-state index is 9.49. The summed E-state index contributed by atoms with van der Waals surface area (Å²) in [5, 5.41) is 10.6. The topological polar surface area (TPSA) is 42.4 Å². The number of hydrogen-bond acceptors (Lipinski definition) is 3. The van der Waals surface area contributed by atoms with Crippen LogP contribution in [0.2, 0.25) is 0 Å². The molecule has 0 spiro atoms. The lowest BCUT2D eigenvalue weighted by molar-refractivity contribution is 0.163. The number of rotatable bonds is 7. The van der Waals surface area contributed by atoms with Crippen LogP contribution >= 0.6 is 0 Å². The summed E-state index contributed by atoms with van der Waals surface area (Å²) in [6.07, 6.45) is 9.53. The molecule has 1 unspecified atom stereocenters. The van der Waals surface area contributed by atoms with Gasteiger partial charge >= 0.3 is 0 Å². The zero-order valence-electron chi connectivity index (χ0n) is 11.5. The van der Waals surface area contributed by atoms with Crippen LogP contribution in [0.15, 0.2) is 36.5 Å². The summed E-state index contributed by atoms with van der Waals surface area (Å²) >= 11 is 0. The van der Waals surface area contributed by atoms with Crippen LogP contribution in [-0.2, 0) is 0 Å². The van der Waals surface area contributed by atoms with E-state index in [-0.39, 0.29) is 6.10 Å². The number of hydrogen-bond donors (Lipinski definition) is 1. The van der Waals surface area contributed by atoms with Crippen LogP contribution in [0, 0.1) is 12.3 Å². The lowest BCUT2D eigenvalue weighted by atomic mass is 10.1. The third-order valence-electron chi connectivity index (χ3n) is 3.13. The van der Waals surface area contributed by atoms with E-state index in [9.17, 15) is 5.11 Å². The number of fused-ring (bicyclic) bond motifs is 1. The molecule has 0 bridgehead atoms. The molecule has 0 saturated carbocycles. The molecule has 0 aliphatic heterocycles. The second kappa shape index (κ2) is 7.52. The maximum Gasteiger partial charge on any atom is 0.120 e. The van der Waals surface area contributed by atoms with E-state index < -0.39 is 0 Å². The van der Waals surface area contributed by atoms with E-state index >= 15 is 0 Å². The molecule has 0 saturated heterocycles. The van der Waals surface area contributed by atoms with Gasteiger partial charge in [-0.15, -0.1) is 12.3 Å². The van der Waals surface area contributed by atoms with Crippen molar-refractivity contribution in [3.8, 4) is 18.1 Å². The number of pyridine rings is 1. The fraction of sp³-hybridized carbons (Fsp3) is 0.353. The van der Waals surface area contributed by atoms with Crippen LogP contribution in [0.5, 0.6) is 5.75 Å². The first kappa shape index (κ1) is 14.4. The van der Waals surface area contributed by atoms with Gasteiger partial charge in [0, 0.05) is 18.0 Å². The van der Waals surface area contributed by atoms with Crippen molar-refractivity contribution in [1.82, 2.24) is 4.98 Å². The number of unbranched alkanes of at least 4 members (excludes halogenated alkanes) is 1. The van der Waals surface area contributed by atoms with E-state index in [1.807, 2.05) is 30.3 Å². The van der Waals surface area contributed by atoms with Gasteiger partial charge < -0.3 is 9.84 Å². The molecule has 3 nitrogen and oxygen atoms in total. The Labute approximate surface area is 119 Å². The molecule has 2 aromatic rings. The second-order valence-corrected chi connectivity index (χ2v) is 4.76. The van der Waals surface area contributed by atoms with E-state index in [0.29, 0.717) is 13.0 Å². The summed E-state index contributed by atoms with van der Waals surface area (Å²) in [4.78, 5) is 4.27. The van der Waals surface area contributed by atoms with Crippen LogP contribution in [0.25, 0.3) is 10.9 Å². The highest BCUT2D eigenvalue weighted by Gasteiger charge is 2.02. The summed E-state index contributed by atoms with van der Waals surface area (Å²) < 4.78 is 5.71. The smallest absolute Gasteiger partial charge is 0.120 e. The Kier molecular flexibility index (Phi) is 5.40. The van der Waals surface area contributed by atoms with E-state index in [1.54, 1.807) is 6.20 Å². The quantitative estimate of drug-likeness (QED) is 0.620. The summed E-state index contributed by atoms with van der Waals surface area (Å²) in [6.45, 7) is 0.647. The molecule has 0 amide bonds. The van der Waals surface area contributed by atoms with Gasteiger partial charge in [-0.1, -0.05) is 6.07 Å². The van der Waals surface area contributed by atoms with Gasteiger partial charge in [-0.25, -0.2) is 0 Å². The van der Waals surface area contributed by atoms with Crippen LogP contribution in [0.4, 0.5) is 0 Å². The van der Waals surface area contributed by atoms with Crippen molar-refractivity contribution in [2.75, 3.05) is 6.61 Å². The lowest BCUT2D eigenvalue weighted by Crippen LogP contribution is -2.06. The molecule has 1 atom stereocenters. The number of nitrogens with zero attached hydrogens (tertiary/aromatic N) is 1. The molecule has 1 aromatic carbocycles. The third kappa shape index (κ3) is 4.25. The molecular weight excluding hydrogens is 250 g/mol. The zero-order valence-corrected chi connectivity index (χ0v) is 11.5. The Hall–Kier alpha value is -2.05. The maximum absolute atomic E-state index is 9.49. The van der Waals surface area contributed by atoms with Crippen molar-refractivity contribution in [2.45, 2.75) is 31.8 Å². The minimum absolute atomic E-state index is 0.383. The number of aromatic nitrogens is 1. The van der Waals surface area contributed by atoms with Gasteiger partial charge in [-0.3, -0.25) is 4.98 Å². The average Bonchev–Trinajstić information content (AvgIpc) is 2.47. The van der Waals surface area contributed by atoms with E-state index in [1.165, 1.54) is 0 Å². The Morgan fingerprint density at radius 1 is 1.30 bits per heavy atom. The van der Waals surface area contributed by atoms with Gasteiger partial charge in [-0.2, -0.15) is 0 Å². The van der Waals surface area contributed by atoms with Crippen molar-refractivity contribution in [3.63, 3.8) is 0 Å². The fourth-order valence-electron chi connectivity index (χ4n) is 2.05. The first-order chi connectivity index (χ1) is 9.79.